The highest BCUT2D eigenvalue weighted by molar-refractivity contribution is 6.07. The van der Waals surface area contributed by atoms with Crippen LogP contribution in [0.25, 0.3) is 0 Å². The van der Waals surface area contributed by atoms with Crippen LogP contribution in [0, 0.1) is 11.8 Å². The number of nitrogens with one attached hydrogen (secondary N) is 1. The fraction of sp³-hybridized carbons (Fsp3) is 0.600. The van der Waals surface area contributed by atoms with Crippen molar-refractivity contribution in [3.05, 3.63) is 24.0 Å². The van der Waals surface area contributed by atoms with Crippen molar-refractivity contribution in [2.75, 3.05) is 0 Å². The first-order valence-electron chi connectivity index (χ1n) is 6.99. The SMILES string of the molecule is CCCCCC(CC)C(C(=O)[O-])C(=O)c1cc[nH]c1. The second-order valence-electron chi connectivity index (χ2n) is 4.92. The van der Waals surface area contributed by atoms with E-state index >= 15 is 0 Å². The number of aromatic nitrogens is 1. The fourth-order valence-electron chi connectivity index (χ4n) is 2.43. The molecule has 0 aromatic carbocycles. The van der Waals surface area contributed by atoms with E-state index in [1.54, 1.807) is 12.3 Å². The fourth-order valence-corrected chi connectivity index (χ4v) is 2.43. The third-order valence-corrected chi connectivity index (χ3v) is 3.59. The van der Waals surface area contributed by atoms with Crippen molar-refractivity contribution in [3.63, 3.8) is 0 Å². The summed E-state index contributed by atoms with van der Waals surface area (Å²) in [7, 11) is 0. The molecule has 0 saturated carbocycles. The van der Waals surface area contributed by atoms with E-state index in [1.807, 2.05) is 6.92 Å². The van der Waals surface area contributed by atoms with Gasteiger partial charge >= 0.3 is 0 Å². The summed E-state index contributed by atoms with van der Waals surface area (Å²) < 4.78 is 0. The van der Waals surface area contributed by atoms with Crippen LogP contribution in [0.4, 0.5) is 0 Å². The number of rotatable bonds is 9. The lowest BCUT2D eigenvalue weighted by Crippen LogP contribution is -2.41. The smallest absolute Gasteiger partial charge is 0.173 e. The summed E-state index contributed by atoms with van der Waals surface area (Å²) in [5, 5.41) is 11.3. The first-order valence-corrected chi connectivity index (χ1v) is 6.99. The quantitative estimate of drug-likeness (QED) is 0.422. The Balaban J connectivity index is 2.80. The molecule has 0 fully saturated rings. The average Bonchev–Trinajstić information content (AvgIpc) is 2.90. The van der Waals surface area contributed by atoms with Crippen molar-refractivity contribution in [1.29, 1.82) is 0 Å². The molecule has 0 radical (unpaired) electrons. The predicted molar refractivity (Wildman–Crippen MR) is 71.5 cm³/mol. The highest BCUT2D eigenvalue weighted by Gasteiger charge is 2.29. The monoisotopic (exact) mass is 264 g/mol. The van der Waals surface area contributed by atoms with Crippen molar-refractivity contribution in [2.24, 2.45) is 11.8 Å². The minimum Gasteiger partial charge on any atom is -0.549 e. The lowest BCUT2D eigenvalue weighted by molar-refractivity contribution is -0.310. The summed E-state index contributed by atoms with van der Waals surface area (Å²) in [4.78, 5) is 26.3. The van der Waals surface area contributed by atoms with Gasteiger partial charge < -0.3 is 14.9 Å². The molecule has 106 valence electrons. The van der Waals surface area contributed by atoms with Gasteiger partial charge in [-0.2, -0.15) is 0 Å². The first kappa shape index (κ1) is 15.5. The zero-order valence-electron chi connectivity index (χ0n) is 11.6. The van der Waals surface area contributed by atoms with Crippen LogP contribution in [0.5, 0.6) is 0 Å². The number of unbranched alkanes of at least 4 members (excludes halogenated alkanes) is 2. The van der Waals surface area contributed by atoms with E-state index in [9.17, 15) is 14.7 Å². The first-order chi connectivity index (χ1) is 9.11. The van der Waals surface area contributed by atoms with E-state index in [1.165, 1.54) is 6.20 Å². The molecule has 0 bridgehead atoms. The van der Waals surface area contributed by atoms with Gasteiger partial charge in [-0.1, -0.05) is 39.5 Å². The minimum absolute atomic E-state index is 0.140. The van der Waals surface area contributed by atoms with E-state index in [0.29, 0.717) is 12.0 Å². The maximum atomic E-state index is 12.2. The third kappa shape index (κ3) is 4.23. The molecule has 1 N–H and O–H groups in total. The Morgan fingerprint density at radius 3 is 2.53 bits per heavy atom. The summed E-state index contributed by atoms with van der Waals surface area (Å²) in [6.07, 6.45) is 7.71. The van der Waals surface area contributed by atoms with Crippen LogP contribution in [-0.2, 0) is 4.79 Å². The molecular weight excluding hydrogens is 242 g/mol. The zero-order chi connectivity index (χ0) is 14.3. The Morgan fingerprint density at radius 2 is 2.05 bits per heavy atom. The van der Waals surface area contributed by atoms with Crippen molar-refractivity contribution >= 4 is 11.8 Å². The number of Topliss-reactive ketones (excluding diaryl/α,β-unsaturated/α-hetero) is 1. The summed E-state index contributed by atoms with van der Waals surface area (Å²) in [5.41, 5.74) is 0.420. The van der Waals surface area contributed by atoms with Gasteiger partial charge in [0.05, 0.1) is 11.9 Å². The molecule has 1 aromatic rings. The minimum atomic E-state index is -1.26. The average molecular weight is 264 g/mol. The normalized spacial score (nSPS) is 14.0. The van der Waals surface area contributed by atoms with Gasteiger partial charge in [0.15, 0.2) is 5.78 Å². The molecule has 2 unspecified atom stereocenters. The van der Waals surface area contributed by atoms with E-state index in [2.05, 4.69) is 11.9 Å². The molecule has 4 nitrogen and oxygen atoms in total. The second kappa shape index (κ2) is 7.77. The molecule has 0 spiro atoms. The van der Waals surface area contributed by atoms with Crippen LogP contribution in [-0.4, -0.2) is 16.7 Å². The van der Waals surface area contributed by atoms with Crippen LogP contribution in [0.1, 0.15) is 56.3 Å². The third-order valence-electron chi connectivity index (χ3n) is 3.59. The van der Waals surface area contributed by atoms with Crippen LogP contribution >= 0.6 is 0 Å². The van der Waals surface area contributed by atoms with E-state index in [0.717, 1.165) is 25.7 Å². The molecule has 1 heterocycles. The Bertz CT molecular complexity index is 398. The maximum absolute atomic E-state index is 12.2. The summed E-state index contributed by atoms with van der Waals surface area (Å²) in [6, 6.07) is 1.61. The Morgan fingerprint density at radius 1 is 1.32 bits per heavy atom. The Hall–Kier alpha value is -1.58. The highest BCUT2D eigenvalue weighted by atomic mass is 16.4. The van der Waals surface area contributed by atoms with E-state index in [4.69, 9.17) is 0 Å². The van der Waals surface area contributed by atoms with Crippen LogP contribution in [0.15, 0.2) is 18.5 Å². The predicted octanol–water partition coefficient (Wildman–Crippen LogP) is 2.17. The number of aliphatic carboxylic acids is 1. The van der Waals surface area contributed by atoms with Crippen molar-refractivity contribution in [3.8, 4) is 0 Å². The molecule has 1 rings (SSSR count). The van der Waals surface area contributed by atoms with Gasteiger partial charge in [-0.25, -0.2) is 0 Å². The molecule has 1 aromatic heterocycles. The summed E-state index contributed by atoms with van der Waals surface area (Å²) in [5.74, 6) is -2.77. The number of hydrogen-bond acceptors (Lipinski definition) is 3. The maximum Gasteiger partial charge on any atom is 0.173 e. The molecule has 2 atom stereocenters. The van der Waals surface area contributed by atoms with Crippen molar-refractivity contribution < 1.29 is 14.7 Å². The number of carboxylic acids is 1. The van der Waals surface area contributed by atoms with Gasteiger partial charge in [-0.15, -0.1) is 0 Å². The number of carbonyl (C=O) groups is 2. The van der Waals surface area contributed by atoms with Gasteiger partial charge in [0.2, 0.25) is 0 Å². The van der Waals surface area contributed by atoms with E-state index < -0.39 is 11.9 Å². The van der Waals surface area contributed by atoms with E-state index in [-0.39, 0.29) is 11.7 Å². The molecule has 0 amide bonds. The van der Waals surface area contributed by atoms with Gasteiger partial charge in [0, 0.05) is 18.0 Å². The number of H-pyrrole nitrogens is 1. The molecule has 4 heteroatoms. The topological polar surface area (TPSA) is 73.0 Å². The summed E-state index contributed by atoms with van der Waals surface area (Å²) in [6.45, 7) is 4.03. The standard InChI is InChI=1S/C15H23NO3/c1-3-5-6-7-11(4-2)13(15(18)19)14(17)12-8-9-16-10-12/h8-11,13,16H,3-7H2,1-2H3,(H,18,19)/p-1. The van der Waals surface area contributed by atoms with Crippen molar-refractivity contribution in [2.45, 2.75) is 46.0 Å². The van der Waals surface area contributed by atoms with Crippen LogP contribution in [0.2, 0.25) is 0 Å². The molecule has 0 aliphatic carbocycles. The van der Waals surface area contributed by atoms with Gasteiger partial charge in [-0.3, -0.25) is 4.79 Å². The largest absolute Gasteiger partial charge is 0.549 e. The zero-order valence-corrected chi connectivity index (χ0v) is 11.6. The molecule has 0 saturated heterocycles. The molecular formula is C15H22NO3-. The molecule has 0 aliphatic rings. The Kier molecular flexibility index (Phi) is 6.33. The number of hydrogen-bond donors (Lipinski definition) is 1. The number of carbonyl (C=O) groups excluding carboxylic acids is 2. The van der Waals surface area contributed by atoms with Crippen molar-refractivity contribution in [1.82, 2.24) is 4.98 Å². The van der Waals surface area contributed by atoms with Gasteiger partial charge in [0.25, 0.3) is 0 Å². The second-order valence-corrected chi connectivity index (χ2v) is 4.92. The van der Waals surface area contributed by atoms with Gasteiger partial charge in [0.1, 0.15) is 0 Å². The lowest BCUT2D eigenvalue weighted by Gasteiger charge is -2.25. The number of ketones is 1. The number of aromatic amines is 1. The molecule has 0 aliphatic heterocycles. The van der Waals surface area contributed by atoms with Gasteiger partial charge in [-0.05, 0) is 18.4 Å². The summed E-state index contributed by atoms with van der Waals surface area (Å²) >= 11 is 0. The van der Waals surface area contributed by atoms with Crippen LogP contribution < -0.4 is 5.11 Å². The van der Waals surface area contributed by atoms with Crippen LogP contribution in [0.3, 0.4) is 0 Å². The highest BCUT2D eigenvalue weighted by Crippen LogP contribution is 2.25. The number of carboxylic acid groups (broad SMARTS) is 1. The molecule has 19 heavy (non-hydrogen) atoms. The Labute approximate surface area is 114 Å². The lowest BCUT2D eigenvalue weighted by atomic mass is 9.81.